The molecule has 18 heavy (non-hydrogen) atoms. The Hall–Kier alpha value is -1.58. The van der Waals surface area contributed by atoms with Crippen LogP contribution in [0.1, 0.15) is 27.7 Å². The summed E-state index contributed by atoms with van der Waals surface area (Å²) < 4.78 is 22.4. The molecule has 0 aliphatic rings. The number of ether oxygens (including phenoxy) is 4. The van der Waals surface area contributed by atoms with Crippen molar-refractivity contribution in [1.29, 1.82) is 0 Å². The van der Waals surface area contributed by atoms with E-state index in [2.05, 4.69) is 0 Å². The minimum absolute atomic E-state index is 0.551. The van der Waals surface area contributed by atoms with Crippen molar-refractivity contribution >= 4 is 0 Å². The third kappa shape index (κ3) is 3.45. The molecule has 102 valence electrons. The molecule has 0 heterocycles. The van der Waals surface area contributed by atoms with Crippen LogP contribution in [-0.4, -0.2) is 26.4 Å². The largest absolute Gasteiger partial charge is 0.490 e. The van der Waals surface area contributed by atoms with Crippen molar-refractivity contribution in [3.8, 4) is 23.0 Å². The summed E-state index contributed by atoms with van der Waals surface area (Å²) in [6.07, 6.45) is 0. The highest BCUT2D eigenvalue weighted by Gasteiger charge is 2.18. The van der Waals surface area contributed by atoms with Crippen LogP contribution in [-0.2, 0) is 0 Å². The quantitative estimate of drug-likeness (QED) is 0.713. The molecule has 0 saturated carbocycles. The number of rotatable bonds is 8. The van der Waals surface area contributed by atoms with Crippen LogP contribution in [0, 0.1) is 0 Å². The fourth-order valence-electron chi connectivity index (χ4n) is 1.63. The van der Waals surface area contributed by atoms with Crippen molar-refractivity contribution in [3.63, 3.8) is 0 Å². The number of hydrogen-bond acceptors (Lipinski definition) is 4. The maximum Gasteiger partial charge on any atom is 0.207 e. The smallest absolute Gasteiger partial charge is 0.207 e. The molecule has 0 saturated heterocycles. The Morgan fingerprint density at radius 2 is 0.944 bits per heavy atom. The lowest BCUT2D eigenvalue weighted by Crippen LogP contribution is -2.04. The SMILES string of the molecule is CCOc1ccc(OCC)c(OCC)c1OCC. The van der Waals surface area contributed by atoms with Gasteiger partial charge in [0.25, 0.3) is 0 Å². The first kappa shape index (κ1) is 14.5. The fraction of sp³-hybridized carbons (Fsp3) is 0.571. The van der Waals surface area contributed by atoms with E-state index in [1.807, 2.05) is 39.8 Å². The molecule has 1 aromatic rings. The van der Waals surface area contributed by atoms with Crippen LogP contribution in [0.25, 0.3) is 0 Å². The zero-order valence-electron chi connectivity index (χ0n) is 11.6. The monoisotopic (exact) mass is 254 g/mol. The van der Waals surface area contributed by atoms with Crippen LogP contribution < -0.4 is 18.9 Å². The highest BCUT2D eigenvalue weighted by molar-refractivity contribution is 5.59. The van der Waals surface area contributed by atoms with Gasteiger partial charge >= 0.3 is 0 Å². The fourth-order valence-corrected chi connectivity index (χ4v) is 1.63. The van der Waals surface area contributed by atoms with Crippen LogP contribution in [0.2, 0.25) is 0 Å². The van der Waals surface area contributed by atoms with Gasteiger partial charge in [0.1, 0.15) is 0 Å². The summed E-state index contributed by atoms with van der Waals surface area (Å²) in [4.78, 5) is 0. The second-order valence-electron chi connectivity index (χ2n) is 3.45. The number of hydrogen-bond donors (Lipinski definition) is 0. The lowest BCUT2D eigenvalue weighted by atomic mass is 10.2. The summed E-state index contributed by atoms with van der Waals surface area (Å²) in [7, 11) is 0. The van der Waals surface area contributed by atoms with E-state index in [9.17, 15) is 0 Å². The molecule has 4 nitrogen and oxygen atoms in total. The van der Waals surface area contributed by atoms with Gasteiger partial charge in [0.2, 0.25) is 11.5 Å². The topological polar surface area (TPSA) is 36.9 Å². The van der Waals surface area contributed by atoms with E-state index in [0.29, 0.717) is 49.4 Å². The predicted molar refractivity (Wildman–Crippen MR) is 71.1 cm³/mol. The minimum atomic E-state index is 0.551. The maximum absolute atomic E-state index is 5.63. The summed E-state index contributed by atoms with van der Waals surface area (Å²) in [6, 6.07) is 3.70. The van der Waals surface area contributed by atoms with Gasteiger partial charge < -0.3 is 18.9 Å². The molecule has 0 N–H and O–H groups in total. The molecule has 0 aliphatic heterocycles. The molecule has 0 bridgehead atoms. The van der Waals surface area contributed by atoms with Gasteiger partial charge in [-0.2, -0.15) is 0 Å². The minimum Gasteiger partial charge on any atom is -0.490 e. The number of benzene rings is 1. The maximum atomic E-state index is 5.63. The Morgan fingerprint density at radius 3 is 1.22 bits per heavy atom. The zero-order valence-corrected chi connectivity index (χ0v) is 11.6. The molecule has 0 atom stereocenters. The molecule has 0 spiro atoms. The van der Waals surface area contributed by atoms with Crippen LogP contribution in [0.15, 0.2) is 12.1 Å². The molecule has 0 amide bonds. The van der Waals surface area contributed by atoms with Crippen molar-refractivity contribution in [2.45, 2.75) is 27.7 Å². The van der Waals surface area contributed by atoms with E-state index in [1.54, 1.807) is 0 Å². The standard InChI is InChI=1S/C14H22O4/c1-5-15-11-9-10-12(16-6-2)14(18-8-4)13(11)17-7-3/h9-10H,5-8H2,1-4H3. The van der Waals surface area contributed by atoms with Gasteiger partial charge in [-0.1, -0.05) is 0 Å². The Balaban J connectivity index is 3.19. The summed E-state index contributed by atoms with van der Waals surface area (Å²) in [5, 5.41) is 0. The van der Waals surface area contributed by atoms with E-state index in [-0.39, 0.29) is 0 Å². The molecule has 0 radical (unpaired) electrons. The van der Waals surface area contributed by atoms with Gasteiger partial charge in [0, 0.05) is 0 Å². The highest BCUT2D eigenvalue weighted by atomic mass is 16.6. The molecule has 4 heteroatoms. The molecule has 0 aliphatic carbocycles. The third-order valence-electron chi connectivity index (χ3n) is 2.22. The molecular formula is C14H22O4. The van der Waals surface area contributed by atoms with E-state index in [0.717, 1.165) is 0 Å². The van der Waals surface area contributed by atoms with E-state index < -0.39 is 0 Å². The molecule has 0 aromatic heterocycles. The zero-order chi connectivity index (χ0) is 13.4. The Kier molecular flexibility index (Phi) is 6.19. The first-order valence-corrected chi connectivity index (χ1v) is 6.46. The lowest BCUT2D eigenvalue weighted by molar-refractivity contribution is 0.244. The van der Waals surface area contributed by atoms with Crippen molar-refractivity contribution in [3.05, 3.63) is 12.1 Å². The molecule has 0 fully saturated rings. The molecule has 1 rings (SSSR count). The van der Waals surface area contributed by atoms with Crippen molar-refractivity contribution < 1.29 is 18.9 Å². The Morgan fingerprint density at radius 1 is 0.611 bits per heavy atom. The van der Waals surface area contributed by atoms with Gasteiger partial charge in [0.15, 0.2) is 11.5 Å². The first-order chi connectivity index (χ1) is 8.78. The second-order valence-corrected chi connectivity index (χ2v) is 3.45. The van der Waals surface area contributed by atoms with Crippen molar-refractivity contribution in [2.75, 3.05) is 26.4 Å². The van der Waals surface area contributed by atoms with E-state index >= 15 is 0 Å². The van der Waals surface area contributed by atoms with Crippen LogP contribution >= 0.6 is 0 Å². The van der Waals surface area contributed by atoms with Gasteiger partial charge in [0.05, 0.1) is 26.4 Å². The third-order valence-corrected chi connectivity index (χ3v) is 2.22. The van der Waals surface area contributed by atoms with Gasteiger partial charge in [-0.15, -0.1) is 0 Å². The van der Waals surface area contributed by atoms with Crippen LogP contribution in [0.5, 0.6) is 23.0 Å². The van der Waals surface area contributed by atoms with Gasteiger partial charge in [-0.3, -0.25) is 0 Å². The van der Waals surface area contributed by atoms with Crippen LogP contribution in [0.3, 0.4) is 0 Å². The summed E-state index contributed by atoms with van der Waals surface area (Å²) in [5.41, 5.74) is 0. The molecular weight excluding hydrogens is 232 g/mol. The Bertz CT molecular complexity index is 328. The predicted octanol–water partition coefficient (Wildman–Crippen LogP) is 3.28. The second kappa shape index (κ2) is 7.69. The van der Waals surface area contributed by atoms with Gasteiger partial charge in [-0.25, -0.2) is 0 Å². The Labute approximate surface area is 109 Å². The molecule has 0 unspecified atom stereocenters. The average molecular weight is 254 g/mol. The summed E-state index contributed by atoms with van der Waals surface area (Å²) >= 11 is 0. The summed E-state index contributed by atoms with van der Waals surface area (Å²) in [5.74, 6) is 2.61. The van der Waals surface area contributed by atoms with Crippen molar-refractivity contribution in [1.82, 2.24) is 0 Å². The van der Waals surface area contributed by atoms with Crippen molar-refractivity contribution in [2.24, 2.45) is 0 Å². The first-order valence-electron chi connectivity index (χ1n) is 6.46. The summed E-state index contributed by atoms with van der Waals surface area (Å²) in [6.45, 7) is 10.0. The van der Waals surface area contributed by atoms with E-state index in [1.165, 1.54) is 0 Å². The normalized spacial score (nSPS) is 10.0. The van der Waals surface area contributed by atoms with E-state index in [4.69, 9.17) is 18.9 Å². The average Bonchev–Trinajstić information content (AvgIpc) is 2.37. The van der Waals surface area contributed by atoms with Crippen LogP contribution in [0.4, 0.5) is 0 Å². The highest BCUT2D eigenvalue weighted by Crippen LogP contribution is 2.44. The lowest BCUT2D eigenvalue weighted by Gasteiger charge is -2.18. The molecule has 1 aromatic carbocycles. The van der Waals surface area contributed by atoms with Gasteiger partial charge in [-0.05, 0) is 39.8 Å².